The average molecular weight is 423 g/mol. The van der Waals surface area contributed by atoms with Crippen LogP contribution in [0, 0.1) is 19.3 Å². The van der Waals surface area contributed by atoms with E-state index in [-0.39, 0.29) is 24.1 Å². The van der Waals surface area contributed by atoms with Crippen molar-refractivity contribution < 1.29 is 4.79 Å². The number of carbonyl (C=O) groups is 1. The van der Waals surface area contributed by atoms with Crippen LogP contribution in [-0.4, -0.2) is 11.7 Å². The van der Waals surface area contributed by atoms with Gasteiger partial charge in [-0.3, -0.25) is 10.2 Å². The number of hydrogen-bond donors (Lipinski definition) is 4. The van der Waals surface area contributed by atoms with E-state index in [4.69, 9.17) is 11.1 Å². The van der Waals surface area contributed by atoms with E-state index in [0.717, 1.165) is 22.4 Å². The minimum atomic E-state index is -0.541. The van der Waals surface area contributed by atoms with E-state index in [1.54, 1.807) is 12.1 Å². The molecule has 3 aromatic carbocycles. The highest BCUT2D eigenvalue weighted by molar-refractivity contribution is 5.95. The summed E-state index contributed by atoms with van der Waals surface area (Å²) in [7, 11) is 0. The number of nitrogen functional groups attached to an aromatic ring is 1. The zero-order valence-electron chi connectivity index (χ0n) is 17.1. The number of hydrogen-bond acceptors (Lipinski definition) is 3. The molecule has 3 aromatic rings. The van der Waals surface area contributed by atoms with Crippen LogP contribution in [0.4, 0.5) is 5.69 Å². The number of rotatable bonds is 7. The van der Waals surface area contributed by atoms with Gasteiger partial charge in [-0.15, -0.1) is 12.4 Å². The molecule has 0 saturated heterocycles. The third-order valence-electron chi connectivity index (χ3n) is 4.94. The molecule has 5 nitrogen and oxygen atoms in total. The molecule has 0 unspecified atom stereocenters. The number of anilines is 1. The second-order valence-corrected chi connectivity index (χ2v) is 7.12. The number of amides is 1. The number of amidine groups is 1. The highest BCUT2D eigenvalue weighted by Gasteiger charge is 2.21. The van der Waals surface area contributed by atoms with Gasteiger partial charge in [0.25, 0.3) is 0 Å². The van der Waals surface area contributed by atoms with Crippen LogP contribution in [0.3, 0.4) is 0 Å². The standard InChI is InChI=1S/C24H26N4O.ClH/c1-16-8-9-20(14-17(16)2)22(24(29)27-15-18-6-4-3-5-7-18)28-21-12-10-19(11-13-21)23(25)26;/h3-14,22,28H,15H2,1-2H3,(H3,25,26)(H,27,29);1H/t22-;/m0./s1. The van der Waals surface area contributed by atoms with Crippen LogP contribution >= 0.6 is 12.4 Å². The Bertz CT molecular complexity index is 1000. The molecule has 30 heavy (non-hydrogen) atoms. The first-order valence-corrected chi connectivity index (χ1v) is 9.54. The van der Waals surface area contributed by atoms with Crippen LogP contribution < -0.4 is 16.4 Å². The van der Waals surface area contributed by atoms with Crippen molar-refractivity contribution in [2.75, 3.05) is 5.32 Å². The number of benzene rings is 3. The van der Waals surface area contributed by atoms with Crippen molar-refractivity contribution in [2.45, 2.75) is 26.4 Å². The summed E-state index contributed by atoms with van der Waals surface area (Å²) in [6.45, 7) is 4.56. The molecule has 0 aliphatic rings. The molecule has 5 N–H and O–H groups in total. The van der Waals surface area contributed by atoms with Crippen molar-refractivity contribution in [3.8, 4) is 0 Å². The summed E-state index contributed by atoms with van der Waals surface area (Å²) in [5, 5.41) is 13.9. The van der Waals surface area contributed by atoms with Gasteiger partial charge in [-0.2, -0.15) is 0 Å². The quantitative estimate of drug-likeness (QED) is 0.334. The maximum atomic E-state index is 13.1. The zero-order valence-corrected chi connectivity index (χ0v) is 17.9. The minimum absolute atomic E-state index is 0. The smallest absolute Gasteiger partial charge is 0.247 e. The van der Waals surface area contributed by atoms with E-state index >= 15 is 0 Å². The first kappa shape index (κ1) is 23.0. The average Bonchev–Trinajstić information content (AvgIpc) is 2.73. The van der Waals surface area contributed by atoms with Gasteiger partial charge >= 0.3 is 0 Å². The van der Waals surface area contributed by atoms with Crippen LogP contribution in [0.15, 0.2) is 72.8 Å². The van der Waals surface area contributed by atoms with E-state index in [0.29, 0.717) is 12.1 Å². The molecule has 0 aliphatic heterocycles. The van der Waals surface area contributed by atoms with E-state index in [9.17, 15) is 4.79 Å². The molecule has 0 heterocycles. The molecule has 1 amide bonds. The Balaban J connectivity index is 0.00000320. The van der Waals surface area contributed by atoms with Crippen LogP contribution in [0.1, 0.15) is 33.9 Å². The van der Waals surface area contributed by atoms with Gasteiger partial charge in [-0.05, 0) is 60.4 Å². The maximum absolute atomic E-state index is 13.1. The highest BCUT2D eigenvalue weighted by Crippen LogP contribution is 2.23. The first-order valence-electron chi connectivity index (χ1n) is 9.54. The Kier molecular flexibility index (Phi) is 8.01. The van der Waals surface area contributed by atoms with Crippen molar-refractivity contribution in [2.24, 2.45) is 5.73 Å². The fourth-order valence-corrected chi connectivity index (χ4v) is 3.04. The van der Waals surface area contributed by atoms with Gasteiger partial charge in [-0.25, -0.2) is 0 Å². The Hall–Kier alpha value is -3.31. The van der Waals surface area contributed by atoms with Crippen LogP contribution in [0.5, 0.6) is 0 Å². The Morgan fingerprint density at radius 2 is 1.63 bits per heavy atom. The lowest BCUT2D eigenvalue weighted by Crippen LogP contribution is -2.33. The first-order chi connectivity index (χ1) is 13.9. The van der Waals surface area contributed by atoms with E-state index in [1.807, 2.05) is 67.6 Å². The summed E-state index contributed by atoms with van der Waals surface area (Å²) in [5.41, 5.74) is 11.2. The second kappa shape index (κ2) is 10.5. The second-order valence-electron chi connectivity index (χ2n) is 7.12. The fourth-order valence-electron chi connectivity index (χ4n) is 3.04. The highest BCUT2D eigenvalue weighted by atomic mass is 35.5. The molecule has 0 fully saturated rings. The SMILES string of the molecule is Cc1ccc([C@H](Nc2ccc(C(=N)N)cc2)C(=O)NCc2ccccc2)cc1C.Cl. The maximum Gasteiger partial charge on any atom is 0.247 e. The topological polar surface area (TPSA) is 91.0 Å². The van der Waals surface area contributed by atoms with Gasteiger partial charge < -0.3 is 16.4 Å². The number of aryl methyl sites for hydroxylation is 2. The molecule has 156 valence electrons. The fraction of sp³-hybridized carbons (Fsp3) is 0.167. The Morgan fingerprint density at radius 1 is 0.967 bits per heavy atom. The number of nitrogens with one attached hydrogen (secondary N) is 3. The Labute approximate surface area is 183 Å². The summed E-state index contributed by atoms with van der Waals surface area (Å²) in [6, 6.07) is 22.5. The molecule has 0 saturated carbocycles. The molecule has 0 aliphatic carbocycles. The monoisotopic (exact) mass is 422 g/mol. The summed E-state index contributed by atoms with van der Waals surface area (Å²) >= 11 is 0. The van der Waals surface area contributed by atoms with Gasteiger partial charge in [0.2, 0.25) is 5.91 Å². The summed E-state index contributed by atoms with van der Waals surface area (Å²) in [4.78, 5) is 13.1. The van der Waals surface area contributed by atoms with Crippen molar-refractivity contribution >= 4 is 29.8 Å². The largest absolute Gasteiger partial charge is 0.384 e. The minimum Gasteiger partial charge on any atom is -0.384 e. The van der Waals surface area contributed by atoms with Crippen molar-refractivity contribution in [1.82, 2.24) is 5.32 Å². The lowest BCUT2D eigenvalue weighted by Gasteiger charge is -2.21. The van der Waals surface area contributed by atoms with E-state index in [1.165, 1.54) is 5.56 Å². The molecular weight excluding hydrogens is 396 g/mol. The lowest BCUT2D eigenvalue weighted by molar-refractivity contribution is -0.122. The number of carbonyl (C=O) groups excluding carboxylic acids is 1. The number of nitrogens with two attached hydrogens (primary N) is 1. The van der Waals surface area contributed by atoms with Gasteiger partial charge in [0, 0.05) is 17.8 Å². The molecule has 0 aromatic heterocycles. The van der Waals surface area contributed by atoms with Gasteiger partial charge in [-0.1, -0.05) is 48.5 Å². The van der Waals surface area contributed by atoms with Crippen LogP contribution in [0.2, 0.25) is 0 Å². The van der Waals surface area contributed by atoms with Crippen LogP contribution in [-0.2, 0) is 11.3 Å². The number of halogens is 1. The summed E-state index contributed by atoms with van der Waals surface area (Å²) in [6.07, 6.45) is 0. The summed E-state index contributed by atoms with van der Waals surface area (Å²) < 4.78 is 0. The van der Waals surface area contributed by atoms with Crippen molar-refractivity contribution in [3.05, 3.63) is 101 Å². The zero-order chi connectivity index (χ0) is 20.8. The van der Waals surface area contributed by atoms with E-state index < -0.39 is 6.04 Å². The van der Waals surface area contributed by atoms with Gasteiger partial charge in [0.1, 0.15) is 11.9 Å². The van der Waals surface area contributed by atoms with E-state index in [2.05, 4.69) is 17.6 Å². The Morgan fingerprint density at radius 3 is 2.23 bits per heavy atom. The normalized spacial score (nSPS) is 11.1. The molecule has 0 bridgehead atoms. The third kappa shape index (κ3) is 5.84. The molecule has 0 spiro atoms. The van der Waals surface area contributed by atoms with Crippen LogP contribution in [0.25, 0.3) is 0 Å². The molecule has 0 radical (unpaired) electrons. The van der Waals surface area contributed by atoms with Gasteiger partial charge in [0.05, 0.1) is 0 Å². The predicted octanol–water partition coefficient (Wildman–Crippen LogP) is 4.48. The van der Waals surface area contributed by atoms with Crippen molar-refractivity contribution in [3.63, 3.8) is 0 Å². The predicted molar refractivity (Wildman–Crippen MR) is 125 cm³/mol. The molecular formula is C24H27ClN4O. The molecule has 3 rings (SSSR count). The lowest BCUT2D eigenvalue weighted by atomic mass is 10.00. The third-order valence-corrected chi connectivity index (χ3v) is 4.94. The molecule has 6 heteroatoms. The van der Waals surface area contributed by atoms with Gasteiger partial charge in [0.15, 0.2) is 0 Å². The summed E-state index contributed by atoms with van der Waals surface area (Å²) in [5.74, 6) is -0.0874. The molecule has 1 atom stereocenters. The van der Waals surface area contributed by atoms with Crippen molar-refractivity contribution in [1.29, 1.82) is 5.41 Å².